The molecule has 1 saturated carbocycles. The van der Waals surface area contributed by atoms with Crippen molar-refractivity contribution in [1.29, 1.82) is 0 Å². The predicted molar refractivity (Wildman–Crippen MR) is 150 cm³/mol. The Morgan fingerprint density at radius 2 is 1.88 bits per heavy atom. The molecule has 1 radical (unpaired) electrons. The van der Waals surface area contributed by atoms with Gasteiger partial charge in [-0.25, -0.2) is 0 Å². The molecular weight excluding hydrogens is 514 g/mol. The van der Waals surface area contributed by atoms with Crippen LogP contribution in [0, 0.1) is 24.6 Å². The van der Waals surface area contributed by atoms with Gasteiger partial charge in [0.15, 0.2) is 0 Å². The summed E-state index contributed by atoms with van der Waals surface area (Å²) in [4.78, 5) is 16.2. The normalized spacial score (nSPS) is 25.4. The fraction of sp³-hybridized carbons (Fsp3) is 0.567. The maximum atomic E-state index is 15.3. The summed E-state index contributed by atoms with van der Waals surface area (Å²) in [6.07, 6.45) is 3.82. The minimum atomic E-state index is -2.15. The number of Topliss-reactive ketones (excluding diaryl/α,β-unsaturated/α-hetero) is 1. The number of ketones is 1. The molecule has 5 rings (SSSR count). The first-order valence-corrected chi connectivity index (χ1v) is 14.1. The zero-order valence-corrected chi connectivity index (χ0v) is 23.8. The second-order valence-corrected chi connectivity index (χ2v) is 11.4. The Kier molecular flexibility index (Phi) is 7.69. The van der Waals surface area contributed by atoms with Gasteiger partial charge in [-0.15, -0.1) is 0 Å². The minimum absolute atomic E-state index is 0.0467. The number of nitrogens with zero attached hydrogens (tertiary/aromatic N) is 2. The number of unbranched alkanes of at least 4 members (excludes halogenated alkanes) is 2. The van der Waals surface area contributed by atoms with Gasteiger partial charge < -0.3 is 0 Å². The summed E-state index contributed by atoms with van der Waals surface area (Å²) in [7, 11) is 10.3. The molecule has 213 valence electrons. The fourth-order valence-corrected chi connectivity index (χ4v) is 6.57. The number of carbonyl (C=O) groups excluding carboxylic acids is 1. The van der Waals surface area contributed by atoms with Gasteiger partial charge in [-0.05, 0) is 0 Å². The summed E-state index contributed by atoms with van der Waals surface area (Å²) in [5, 5.41) is 28.0. The molecule has 1 heterocycles. The number of aliphatic hydroxyl groups is 2. The van der Waals surface area contributed by atoms with Crippen LogP contribution in [0.2, 0.25) is 0 Å². The van der Waals surface area contributed by atoms with E-state index in [0.717, 1.165) is 25.7 Å². The van der Waals surface area contributed by atoms with Crippen LogP contribution in [-0.4, -0.2) is 71.9 Å². The van der Waals surface area contributed by atoms with Gasteiger partial charge in [0.2, 0.25) is 0 Å². The van der Waals surface area contributed by atoms with Crippen molar-refractivity contribution in [2.75, 3.05) is 27.3 Å². The van der Waals surface area contributed by atoms with E-state index in [1.807, 2.05) is 32.8 Å². The molecule has 3 aliphatic carbocycles. The number of aliphatic hydroxyl groups excluding tert-OH is 1. The standard InChI is InChI=1S/C30H37BFN2O6/c1-6-8-10-38-25-15(3)12-19(32)17-13-16-14-18-23(34(4)5)26-22(29(33-40-26)39-11-9-7-2)27(31)30(18,37)28(36)20(16)24(35)21(17)25/h12,16,18,23,35,37H,6-11,13-14H2,1-5H3/t16-,18-,23-,30+/m0/s1. The summed E-state index contributed by atoms with van der Waals surface area (Å²) in [5.74, 6) is -1.88. The summed E-state index contributed by atoms with van der Waals surface area (Å²) in [6.45, 7) is 6.55. The summed E-state index contributed by atoms with van der Waals surface area (Å²) >= 11 is 0. The van der Waals surface area contributed by atoms with Crippen molar-refractivity contribution >= 4 is 24.5 Å². The van der Waals surface area contributed by atoms with Crippen LogP contribution in [0.3, 0.4) is 0 Å². The zero-order valence-electron chi connectivity index (χ0n) is 23.8. The molecule has 0 spiro atoms. The van der Waals surface area contributed by atoms with Crippen LogP contribution < -0.4 is 9.47 Å². The third kappa shape index (κ3) is 4.22. The molecule has 4 atom stereocenters. The van der Waals surface area contributed by atoms with Crippen molar-refractivity contribution < 1.29 is 33.4 Å². The number of hydrogen-bond donors (Lipinski definition) is 2. The number of halogens is 1. The van der Waals surface area contributed by atoms with Gasteiger partial charge >= 0.3 is 235 Å². The first-order valence-electron chi connectivity index (χ1n) is 14.1. The Labute approximate surface area is 235 Å². The van der Waals surface area contributed by atoms with Crippen LogP contribution in [0.4, 0.5) is 4.39 Å². The molecule has 0 saturated heterocycles. The third-order valence-corrected chi connectivity index (χ3v) is 8.59. The molecule has 3 aliphatic rings. The molecule has 1 fully saturated rings. The van der Waals surface area contributed by atoms with E-state index in [1.54, 1.807) is 6.92 Å². The Hall–Kier alpha value is -2.98. The Bertz CT molecular complexity index is 1380. The van der Waals surface area contributed by atoms with Crippen molar-refractivity contribution in [3.05, 3.63) is 45.5 Å². The monoisotopic (exact) mass is 551 g/mol. The molecule has 0 aliphatic heterocycles. The molecular formula is C30H37BFN2O6. The Morgan fingerprint density at radius 1 is 1.20 bits per heavy atom. The van der Waals surface area contributed by atoms with E-state index in [4.69, 9.17) is 21.5 Å². The van der Waals surface area contributed by atoms with E-state index < -0.39 is 35.1 Å². The van der Waals surface area contributed by atoms with E-state index in [-0.39, 0.29) is 46.6 Å². The number of hydrogen-bond acceptors (Lipinski definition) is 8. The second-order valence-electron chi connectivity index (χ2n) is 11.4. The maximum absolute atomic E-state index is 15.3. The first kappa shape index (κ1) is 28.5. The molecule has 2 aromatic rings. The number of carbonyl (C=O) groups is 1. The average Bonchev–Trinajstić information content (AvgIpc) is 3.31. The molecule has 0 bridgehead atoms. The van der Waals surface area contributed by atoms with E-state index in [9.17, 15) is 15.0 Å². The molecule has 2 N–H and O–H groups in total. The van der Waals surface area contributed by atoms with Crippen LogP contribution in [0.1, 0.15) is 80.0 Å². The van der Waals surface area contributed by atoms with E-state index >= 15 is 4.39 Å². The topological polar surface area (TPSA) is 105 Å². The van der Waals surface area contributed by atoms with Gasteiger partial charge in [0.05, 0.1) is 0 Å². The first-order chi connectivity index (χ1) is 19.1. The van der Waals surface area contributed by atoms with Crippen LogP contribution >= 0.6 is 0 Å². The number of rotatable bonds is 9. The average molecular weight is 551 g/mol. The second kappa shape index (κ2) is 10.8. The molecule has 0 unspecified atom stereocenters. The third-order valence-electron chi connectivity index (χ3n) is 8.59. The molecule has 8 nitrogen and oxygen atoms in total. The number of aromatic nitrogens is 1. The quantitative estimate of drug-likeness (QED) is 0.352. The summed E-state index contributed by atoms with van der Waals surface area (Å²) < 4.78 is 32.9. The Morgan fingerprint density at radius 3 is 2.52 bits per heavy atom. The molecule has 0 amide bonds. The summed E-state index contributed by atoms with van der Waals surface area (Å²) in [5.41, 5.74) is -0.919. The van der Waals surface area contributed by atoms with Gasteiger partial charge in [-0.2, -0.15) is 0 Å². The van der Waals surface area contributed by atoms with Gasteiger partial charge in [0.25, 0.3) is 0 Å². The summed E-state index contributed by atoms with van der Waals surface area (Å²) in [6, 6.07) is 0.850. The van der Waals surface area contributed by atoms with Crippen molar-refractivity contribution in [2.24, 2.45) is 11.8 Å². The van der Waals surface area contributed by atoms with E-state index in [1.165, 1.54) is 6.07 Å². The van der Waals surface area contributed by atoms with Gasteiger partial charge in [0.1, 0.15) is 0 Å². The molecule has 10 heteroatoms. The molecule has 40 heavy (non-hydrogen) atoms. The van der Waals surface area contributed by atoms with Crippen LogP contribution in [0.15, 0.2) is 16.2 Å². The zero-order chi connectivity index (χ0) is 28.9. The predicted octanol–water partition coefficient (Wildman–Crippen LogP) is 4.25. The van der Waals surface area contributed by atoms with Gasteiger partial charge in [-0.3, -0.25) is 0 Å². The van der Waals surface area contributed by atoms with Crippen LogP contribution in [0.5, 0.6) is 11.6 Å². The van der Waals surface area contributed by atoms with Crippen molar-refractivity contribution in [2.45, 2.75) is 70.9 Å². The number of benzene rings is 1. The Balaban J connectivity index is 1.64. The van der Waals surface area contributed by atoms with Crippen molar-refractivity contribution in [3.8, 4) is 11.6 Å². The SMILES string of the molecule is [B]=C1c2c(OCCCC)noc2[C@@H](N(C)C)[C@@H]2C[C@@H]3Cc4c(F)cc(C)c(OCCCC)c4C(O)=C3C(=O)[C@]12O. The number of ether oxygens (including phenoxy) is 2. The number of fused-ring (bicyclic) bond motifs is 4. The fourth-order valence-electron chi connectivity index (χ4n) is 6.57. The van der Waals surface area contributed by atoms with Crippen molar-refractivity contribution in [3.63, 3.8) is 0 Å². The van der Waals surface area contributed by atoms with Crippen LogP contribution in [0.25, 0.3) is 5.76 Å². The van der Waals surface area contributed by atoms with Crippen LogP contribution in [-0.2, 0) is 11.2 Å². The van der Waals surface area contributed by atoms with Crippen molar-refractivity contribution in [1.82, 2.24) is 10.1 Å². The van der Waals surface area contributed by atoms with E-state index in [0.29, 0.717) is 35.9 Å². The van der Waals surface area contributed by atoms with E-state index in [2.05, 4.69) is 5.16 Å². The molecule has 1 aromatic heterocycles. The van der Waals surface area contributed by atoms with Gasteiger partial charge in [0, 0.05) is 0 Å². The van der Waals surface area contributed by atoms with Gasteiger partial charge in [-0.1, -0.05) is 0 Å². The molecule has 1 aromatic carbocycles. The number of aryl methyl sites for hydroxylation is 1.